The molecule has 3 N–H and O–H groups in total. The number of hydrogen-bond acceptors (Lipinski definition) is 12. The summed E-state index contributed by atoms with van der Waals surface area (Å²) >= 11 is 0. The van der Waals surface area contributed by atoms with Gasteiger partial charge in [0.2, 0.25) is 0 Å². The number of aliphatic hydroxyl groups is 3. The highest BCUT2D eigenvalue weighted by Gasteiger charge is 2.78. The van der Waals surface area contributed by atoms with E-state index in [1.54, 1.807) is 27.7 Å². The van der Waals surface area contributed by atoms with E-state index < -0.39 is 88.5 Å². The van der Waals surface area contributed by atoms with Crippen molar-refractivity contribution in [2.75, 3.05) is 6.61 Å². The molecule has 3 fully saturated rings. The van der Waals surface area contributed by atoms with Crippen LogP contribution in [0.25, 0.3) is 0 Å². The molecule has 3 aliphatic carbocycles. The van der Waals surface area contributed by atoms with Gasteiger partial charge in [0, 0.05) is 57.3 Å². The van der Waals surface area contributed by atoms with Gasteiger partial charge in [0.25, 0.3) is 0 Å². The van der Waals surface area contributed by atoms with Gasteiger partial charge in [-0.15, -0.1) is 0 Å². The number of hydrogen-bond donors (Lipinski definition) is 3. The first-order valence-corrected chi connectivity index (χ1v) is 13.5. The molecule has 1 heterocycles. The minimum absolute atomic E-state index is 0.0201. The van der Waals surface area contributed by atoms with Crippen LogP contribution in [-0.2, 0) is 42.9 Å². The minimum Gasteiger partial charge on any atom is -0.459 e. The monoisotopic (exact) mass is 568 g/mol. The molecule has 0 radical (unpaired) electrons. The lowest BCUT2D eigenvalue weighted by molar-refractivity contribution is -0.280. The Kier molecular flexibility index (Phi) is 7.44. The van der Waals surface area contributed by atoms with E-state index >= 15 is 0 Å². The molecule has 0 amide bonds. The Labute approximate surface area is 232 Å². The first-order chi connectivity index (χ1) is 18.3. The molecule has 1 aliphatic heterocycles. The molecule has 0 aromatic carbocycles. The number of carbonyl (C=O) groups is 4. The fourth-order valence-corrected chi connectivity index (χ4v) is 7.73. The lowest BCUT2D eigenvalue weighted by Gasteiger charge is -2.64. The molecule has 0 aromatic heterocycles. The standard InChI is InChI=1S/C28H40O12/c1-12-17(37-13(2)29)10-28(35)24(40-16(5)32)22-26(8,18(33)9-19(38-14(3)30)27(22)11-36-27)23(34)21(39-15(4)31)20(12)25(28,6)7/h17-19,21-24,33-35H,9-11H2,1-8H3. The zero-order valence-corrected chi connectivity index (χ0v) is 24.2. The Bertz CT molecular complexity index is 1140. The fourth-order valence-electron chi connectivity index (χ4n) is 7.73. The summed E-state index contributed by atoms with van der Waals surface area (Å²) < 4.78 is 28.8. The van der Waals surface area contributed by atoms with E-state index in [1.807, 2.05) is 0 Å². The smallest absolute Gasteiger partial charge is 0.303 e. The molecule has 12 heteroatoms. The van der Waals surface area contributed by atoms with Gasteiger partial charge in [-0.2, -0.15) is 0 Å². The molecule has 10 unspecified atom stereocenters. The van der Waals surface area contributed by atoms with Crippen molar-refractivity contribution in [3.05, 3.63) is 11.1 Å². The second-order valence-electron chi connectivity index (χ2n) is 12.4. The molecular formula is C28H40O12. The van der Waals surface area contributed by atoms with Gasteiger partial charge in [0.05, 0.1) is 12.7 Å². The summed E-state index contributed by atoms with van der Waals surface area (Å²) in [5, 5.41) is 36.6. The maximum Gasteiger partial charge on any atom is 0.303 e. The van der Waals surface area contributed by atoms with Gasteiger partial charge in [0.15, 0.2) is 6.10 Å². The Morgan fingerprint density at radius 3 is 1.88 bits per heavy atom. The summed E-state index contributed by atoms with van der Waals surface area (Å²) in [5.41, 5.74) is -5.57. The zero-order valence-electron chi connectivity index (χ0n) is 24.2. The molecule has 4 rings (SSSR count). The molecule has 12 nitrogen and oxygen atoms in total. The topological polar surface area (TPSA) is 178 Å². The van der Waals surface area contributed by atoms with Crippen molar-refractivity contribution in [3.63, 3.8) is 0 Å². The Morgan fingerprint density at radius 2 is 1.40 bits per heavy atom. The van der Waals surface area contributed by atoms with Crippen molar-refractivity contribution in [3.8, 4) is 0 Å². The summed E-state index contributed by atoms with van der Waals surface area (Å²) in [6.45, 7) is 11.3. The van der Waals surface area contributed by atoms with Gasteiger partial charge < -0.3 is 39.0 Å². The van der Waals surface area contributed by atoms with Crippen LogP contribution in [0.5, 0.6) is 0 Å². The predicted molar refractivity (Wildman–Crippen MR) is 135 cm³/mol. The first-order valence-electron chi connectivity index (χ1n) is 13.5. The van der Waals surface area contributed by atoms with Crippen LogP contribution in [0.2, 0.25) is 0 Å². The average molecular weight is 569 g/mol. The highest BCUT2D eigenvalue weighted by atomic mass is 16.6. The van der Waals surface area contributed by atoms with E-state index in [0.29, 0.717) is 5.57 Å². The minimum atomic E-state index is -2.01. The van der Waals surface area contributed by atoms with Gasteiger partial charge >= 0.3 is 23.9 Å². The molecule has 1 spiro atoms. The second-order valence-corrected chi connectivity index (χ2v) is 12.4. The third-order valence-corrected chi connectivity index (χ3v) is 9.72. The summed E-state index contributed by atoms with van der Waals surface area (Å²) in [5.74, 6) is -3.90. The predicted octanol–water partition coefficient (Wildman–Crippen LogP) is 0.721. The van der Waals surface area contributed by atoms with E-state index in [0.717, 1.165) is 0 Å². The maximum atomic E-state index is 12.8. The van der Waals surface area contributed by atoms with Crippen molar-refractivity contribution in [1.82, 2.24) is 0 Å². The summed E-state index contributed by atoms with van der Waals surface area (Å²) in [7, 11) is 0. The fraction of sp³-hybridized carbons (Fsp3) is 0.786. The highest BCUT2D eigenvalue weighted by Crippen LogP contribution is 2.66. The Morgan fingerprint density at radius 1 is 0.875 bits per heavy atom. The Balaban J connectivity index is 2.08. The quantitative estimate of drug-likeness (QED) is 0.188. The van der Waals surface area contributed by atoms with E-state index in [2.05, 4.69) is 0 Å². The van der Waals surface area contributed by atoms with Crippen LogP contribution in [0.3, 0.4) is 0 Å². The molecule has 1 saturated heterocycles. The van der Waals surface area contributed by atoms with Gasteiger partial charge in [0.1, 0.15) is 35.6 Å². The van der Waals surface area contributed by atoms with Gasteiger partial charge in [-0.25, -0.2) is 0 Å². The molecule has 4 aliphatic rings. The van der Waals surface area contributed by atoms with E-state index in [4.69, 9.17) is 23.7 Å². The lowest BCUT2D eigenvalue weighted by atomic mass is 9.45. The highest BCUT2D eigenvalue weighted by molar-refractivity contribution is 5.69. The van der Waals surface area contributed by atoms with Crippen molar-refractivity contribution >= 4 is 23.9 Å². The van der Waals surface area contributed by atoms with Crippen LogP contribution in [0.15, 0.2) is 11.1 Å². The normalized spacial score (nSPS) is 43.5. The number of esters is 4. The molecular weight excluding hydrogens is 528 g/mol. The number of epoxide rings is 1. The van der Waals surface area contributed by atoms with Gasteiger partial charge in [-0.05, 0) is 18.1 Å². The number of aliphatic hydroxyl groups excluding tert-OH is 2. The third kappa shape index (κ3) is 4.34. The number of fused-ring (bicyclic) bond motifs is 4. The van der Waals surface area contributed by atoms with Crippen LogP contribution in [0.4, 0.5) is 0 Å². The number of rotatable bonds is 4. The average Bonchev–Trinajstić information content (AvgIpc) is 3.59. The summed E-state index contributed by atoms with van der Waals surface area (Å²) in [6.07, 6.45) is -8.18. The lowest BCUT2D eigenvalue weighted by Crippen LogP contribution is -2.76. The van der Waals surface area contributed by atoms with Crippen LogP contribution < -0.4 is 0 Å². The van der Waals surface area contributed by atoms with Crippen LogP contribution in [0, 0.1) is 16.7 Å². The van der Waals surface area contributed by atoms with Crippen LogP contribution in [0.1, 0.15) is 68.2 Å². The summed E-state index contributed by atoms with van der Waals surface area (Å²) in [6, 6.07) is 0. The number of carbonyl (C=O) groups excluding carboxylic acids is 4. The van der Waals surface area contributed by atoms with Crippen LogP contribution >= 0.6 is 0 Å². The summed E-state index contributed by atoms with van der Waals surface area (Å²) in [4.78, 5) is 49.2. The van der Waals surface area contributed by atoms with Gasteiger partial charge in [-0.1, -0.05) is 20.8 Å². The van der Waals surface area contributed by atoms with Crippen molar-refractivity contribution < 1.29 is 58.2 Å². The van der Waals surface area contributed by atoms with E-state index in [9.17, 15) is 34.5 Å². The molecule has 224 valence electrons. The molecule has 2 bridgehead atoms. The largest absolute Gasteiger partial charge is 0.459 e. The van der Waals surface area contributed by atoms with E-state index in [1.165, 1.54) is 27.7 Å². The van der Waals surface area contributed by atoms with Gasteiger partial charge in [-0.3, -0.25) is 19.2 Å². The SMILES string of the molecule is CC(=O)OC1CC2(O)C(OC(C)=O)C3C4(CO4)C(OC(C)=O)CC(O)C3(C)C(O)C(OC(C)=O)C(=C1C)C2(C)C. The first kappa shape index (κ1) is 30.4. The molecule has 10 atom stereocenters. The number of ether oxygens (including phenoxy) is 5. The molecule has 2 saturated carbocycles. The van der Waals surface area contributed by atoms with Crippen molar-refractivity contribution in [2.45, 2.75) is 116 Å². The zero-order chi connectivity index (χ0) is 30.2. The van der Waals surface area contributed by atoms with Crippen molar-refractivity contribution in [2.24, 2.45) is 16.7 Å². The van der Waals surface area contributed by atoms with Crippen molar-refractivity contribution in [1.29, 1.82) is 0 Å². The molecule has 40 heavy (non-hydrogen) atoms. The van der Waals surface area contributed by atoms with Crippen LogP contribution in [-0.4, -0.2) is 93.6 Å². The Hall–Kier alpha value is -2.54. The van der Waals surface area contributed by atoms with E-state index in [-0.39, 0.29) is 25.0 Å². The maximum absolute atomic E-state index is 12.8. The third-order valence-electron chi connectivity index (χ3n) is 9.72. The second kappa shape index (κ2) is 9.78. The molecule has 0 aromatic rings.